The molecule has 0 atom stereocenters. The maximum Gasteiger partial charge on any atom is 0.266 e. The van der Waals surface area contributed by atoms with Gasteiger partial charge in [-0.2, -0.15) is 0 Å². The number of benzene rings is 1. The number of aromatic nitrogens is 1. The van der Waals surface area contributed by atoms with Gasteiger partial charge in [0.1, 0.15) is 11.1 Å². The lowest BCUT2D eigenvalue weighted by atomic mass is 10.2. The molecule has 4 rings (SSSR count). The van der Waals surface area contributed by atoms with E-state index in [2.05, 4.69) is 10.1 Å². The Morgan fingerprint density at radius 2 is 2.05 bits per heavy atom. The van der Waals surface area contributed by atoms with Crippen molar-refractivity contribution in [2.75, 3.05) is 37.7 Å². The third-order valence-electron chi connectivity index (χ3n) is 4.19. The largest absolute Gasteiger partial charge is 0.483 e. The summed E-state index contributed by atoms with van der Waals surface area (Å²) in [6, 6.07) is 5.53. The molecule has 2 aliphatic heterocycles. The van der Waals surface area contributed by atoms with Crippen molar-refractivity contribution in [2.24, 2.45) is 0 Å². The highest BCUT2D eigenvalue weighted by Crippen LogP contribution is 2.36. The van der Waals surface area contributed by atoms with E-state index in [1.165, 1.54) is 12.8 Å². The van der Waals surface area contributed by atoms with E-state index < -0.39 is 0 Å². The maximum absolute atomic E-state index is 12.3. The van der Waals surface area contributed by atoms with Crippen LogP contribution in [-0.2, 0) is 4.79 Å². The van der Waals surface area contributed by atoms with Crippen LogP contribution in [0.2, 0.25) is 0 Å². The number of ether oxygens (including phenoxy) is 1. The first kappa shape index (κ1) is 12.6. The lowest BCUT2D eigenvalue weighted by molar-refractivity contribution is -0.120. The predicted molar refractivity (Wildman–Crippen MR) is 77.5 cm³/mol. The second-order valence-corrected chi connectivity index (χ2v) is 5.52. The molecule has 0 bridgehead atoms. The van der Waals surface area contributed by atoms with Crippen LogP contribution in [0.3, 0.4) is 0 Å². The van der Waals surface area contributed by atoms with Crippen LogP contribution in [0.4, 0.5) is 5.82 Å². The Morgan fingerprint density at radius 1 is 1.19 bits per heavy atom. The molecule has 1 amide bonds. The molecular formula is C15H17N3O3. The molecule has 0 radical (unpaired) electrons. The summed E-state index contributed by atoms with van der Waals surface area (Å²) < 4.78 is 10.9. The van der Waals surface area contributed by atoms with Crippen LogP contribution in [0.15, 0.2) is 22.7 Å². The van der Waals surface area contributed by atoms with Crippen LogP contribution in [-0.4, -0.2) is 48.7 Å². The molecule has 0 saturated carbocycles. The van der Waals surface area contributed by atoms with E-state index in [4.69, 9.17) is 9.26 Å². The second-order valence-electron chi connectivity index (χ2n) is 5.52. The number of nitrogens with zero attached hydrogens (tertiary/aromatic N) is 3. The second kappa shape index (κ2) is 5.04. The molecule has 1 aromatic carbocycles. The van der Waals surface area contributed by atoms with Crippen LogP contribution < -0.4 is 9.64 Å². The van der Waals surface area contributed by atoms with Gasteiger partial charge >= 0.3 is 0 Å². The first-order valence-corrected chi connectivity index (χ1v) is 7.37. The van der Waals surface area contributed by atoms with Gasteiger partial charge in [-0.25, -0.2) is 0 Å². The first-order chi connectivity index (χ1) is 10.3. The van der Waals surface area contributed by atoms with Crippen LogP contribution in [0.25, 0.3) is 11.0 Å². The molecule has 0 unspecified atom stereocenters. The van der Waals surface area contributed by atoms with Gasteiger partial charge < -0.3 is 14.2 Å². The summed E-state index contributed by atoms with van der Waals surface area (Å²) in [6.07, 6.45) is 2.49. The number of amides is 1. The Bertz CT molecular complexity index is 676. The van der Waals surface area contributed by atoms with Crippen molar-refractivity contribution in [2.45, 2.75) is 12.8 Å². The number of likely N-dealkylation sites (tertiary alicyclic amines) is 1. The average molecular weight is 287 g/mol. The standard InChI is InChI=1S/C15H17N3O3/c19-13-10-20-11-4-3-5-12-14(11)15(16-21-12)18(13)9-8-17-6-1-2-7-17/h3-5H,1-2,6-10H2. The van der Waals surface area contributed by atoms with Gasteiger partial charge in [-0.15, -0.1) is 0 Å². The minimum absolute atomic E-state index is 0.0511. The number of carbonyl (C=O) groups is 1. The van der Waals surface area contributed by atoms with Crippen molar-refractivity contribution in [3.63, 3.8) is 0 Å². The fourth-order valence-corrected chi connectivity index (χ4v) is 3.06. The molecule has 1 aromatic heterocycles. The van der Waals surface area contributed by atoms with Gasteiger partial charge in [-0.05, 0) is 38.1 Å². The number of anilines is 1. The minimum Gasteiger partial charge on any atom is -0.483 e. The van der Waals surface area contributed by atoms with Crippen molar-refractivity contribution in [3.05, 3.63) is 18.2 Å². The highest BCUT2D eigenvalue weighted by Gasteiger charge is 2.28. The Labute approximate surface area is 122 Å². The van der Waals surface area contributed by atoms with Crippen LogP contribution >= 0.6 is 0 Å². The maximum atomic E-state index is 12.3. The molecule has 1 fully saturated rings. The van der Waals surface area contributed by atoms with Gasteiger partial charge in [-0.3, -0.25) is 9.69 Å². The molecule has 0 N–H and O–H groups in total. The zero-order chi connectivity index (χ0) is 14.2. The summed E-state index contributed by atoms with van der Waals surface area (Å²) in [4.78, 5) is 16.4. The first-order valence-electron chi connectivity index (χ1n) is 7.37. The van der Waals surface area contributed by atoms with Gasteiger partial charge in [-0.1, -0.05) is 11.2 Å². The third kappa shape index (κ3) is 2.15. The van der Waals surface area contributed by atoms with E-state index in [1.807, 2.05) is 18.2 Å². The minimum atomic E-state index is -0.0689. The average Bonchev–Trinajstić information content (AvgIpc) is 3.12. The van der Waals surface area contributed by atoms with Crippen molar-refractivity contribution >= 4 is 22.7 Å². The Balaban J connectivity index is 1.66. The van der Waals surface area contributed by atoms with E-state index in [9.17, 15) is 4.79 Å². The molecule has 2 aliphatic rings. The summed E-state index contributed by atoms with van der Waals surface area (Å²) >= 11 is 0. The summed E-state index contributed by atoms with van der Waals surface area (Å²) in [5.74, 6) is 1.18. The number of carbonyl (C=O) groups excluding carboxylic acids is 1. The summed E-state index contributed by atoms with van der Waals surface area (Å²) in [5.41, 5.74) is 0.656. The highest BCUT2D eigenvalue weighted by molar-refractivity contribution is 6.05. The Kier molecular flexibility index (Phi) is 3.03. The van der Waals surface area contributed by atoms with Crippen molar-refractivity contribution in [1.29, 1.82) is 0 Å². The molecule has 6 heteroatoms. The monoisotopic (exact) mass is 287 g/mol. The topological polar surface area (TPSA) is 58.8 Å². The van der Waals surface area contributed by atoms with E-state index >= 15 is 0 Å². The smallest absolute Gasteiger partial charge is 0.266 e. The van der Waals surface area contributed by atoms with Crippen LogP contribution in [0.5, 0.6) is 5.75 Å². The summed E-state index contributed by atoms with van der Waals surface area (Å²) in [5, 5.41) is 4.89. The molecule has 6 nitrogen and oxygen atoms in total. The van der Waals surface area contributed by atoms with Gasteiger partial charge in [0.05, 0.1) is 0 Å². The highest BCUT2D eigenvalue weighted by atomic mass is 16.5. The van der Waals surface area contributed by atoms with Gasteiger partial charge in [0.15, 0.2) is 18.0 Å². The molecule has 1 saturated heterocycles. The van der Waals surface area contributed by atoms with Crippen LogP contribution in [0, 0.1) is 0 Å². The zero-order valence-electron chi connectivity index (χ0n) is 11.7. The van der Waals surface area contributed by atoms with E-state index in [1.54, 1.807) is 4.90 Å². The van der Waals surface area contributed by atoms with Gasteiger partial charge in [0.2, 0.25) is 0 Å². The predicted octanol–water partition coefficient (Wildman–Crippen LogP) is 1.65. The van der Waals surface area contributed by atoms with Gasteiger partial charge in [0, 0.05) is 13.1 Å². The third-order valence-corrected chi connectivity index (χ3v) is 4.19. The lowest BCUT2D eigenvalue weighted by Gasteiger charge is -2.22. The van der Waals surface area contributed by atoms with Crippen molar-refractivity contribution in [3.8, 4) is 5.75 Å². The van der Waals surface area contributed by atoms with E-state index in [-0.39, 0.29) is 12.5 Å². The molecule has 3 heterocycles. The number of hydrogen-bond donors (Lipinski definition) is 0. The quantitative estimate of drug-likeness (QED) is 0.859. The fourth-order valence-electron chi connectivity index (χ4n) is 3.06. The summed E-state index contributed by atoms with van der Waals surface area (Å²) in [6.45, 7) is 3.77. The Hall–Kier alpha value is -2.08. The van der Waals surface area contributed by atoms with Crippen molar-refractivity contribution in [1.82, 2.24) is 10.1 Å². The number of hydrogen-bond acceptors (Lipinski definition) is 5. The van der Waals surface area contributed by atoms with Crippen LogP contribution in [0.1, 0.15) is 12.8 Å². The van der Waals surface area contributed by atoms with E-state index in [0.29, 0.717) is 23.7 Å². The molecule has 2 aromatic rings. The zero-order valence-corrected chi connectivity index (χ0v) is 11.7. The molecule has 21 heavy (non-hydrogen) atoms. The van der Waals surface area contributed by atoms with E-state index in [0.717, 1.165) is 25.0 Å². The molecular weight excluding hydrogens is 270 g/mol. The van der Waals surface area contributed by atoms with Gasteiger partial charge in [0.25, 0.3) is 5.91 Å². The normalized spacial score (nSPS) is 19.0. The molecule has 0 aliphatic carbocycles. The lowest BCUT2D eigenvalue weighted by Crippen LogP contribution is -2.40. The molecule has 110 valence electrons. The fraction of sp³-hybridized carbons (Fsp3) is 0.467. The number of rotatable bonds is 3. The SMILES string of the molecule is O=C1COc2cccc3onc(c23)N1CCN1CCCC1. The molecule has 0 spiro atoms. The Morgan fingerprint density at radius 3 is 2.90 bits per heavy atom. The summed E-state index contributed by atoms with van der Waals surface area (Å²) in [7, 11) is 0. The van der Waals surface area contributed by atoms with Crippen molar-refractivity contribution < 1.29 is 14.1 Å².